The van der Waals surface area contributed by atoms with Crippen molar-refractivity contribution in [1.82, 2.24) is 14.8 Å². The maximum Gasteiger partial charge on any atom is 0.248 e. The molecule has 0 unspecified atom stereocenters. The number of carbonyl (C=O) groups excluding carboxylic acids is 1. The van der Waals surface area contributed by atoms with Gasteiger partial charge in [0, 0.05) is 16.3 Å². The van der Waals surface area contributed by atoms with Crippen LogP contribution in [0.2, 0.25) is 5.02 Å². The quantitative estimate of drug-likeness (QED) is 0.511. The minimum absolute atomic E-state index is 0.00450. The van der Waals surface area contributed by atoms with E-state index in [1.165, 1.54) is 6.92 Å². The van der Waals surface area contributed by atoms with Gasteiger partial charge >= 0.3 is 0 Å². The normalized spacial score (nSPS) is 10.4. The summed E-state index contributed by atoms with van der Waals surface area (Å²) in [7, 11) is 0. The van der Waals surface area contributed by atoms with Crippen LogP contribution in [0.15, 0.2) is 54.9 Å². The lowest BCUT2D eigenvalue weighted by Gasteiger charge is -2.08. The van der Waals surface area contributed by atoms with Crippen LogP contribution in [-0.4, -0.2) is 25.7 Å². The molecule has 0 bridgehead atoms. The van der Waals surface area contributed by atoms with Crippen LogP contribution >= 0.6 is 23.8 Å². The number of carbonyl (C=O) groups is 1. The monoisotopic (exact) mass is 385 g/mol. The number of hydrogen-bond donors (Lipinski definition) is 2. The highest BCUT2D eigenvalue weighted by molar-refractivity contribution is 7.80. The zero-order valence-electron chi connectivity index (χ0n) is 13.9. The second-order valence-electron chi connectivity index (χ2n) is 5.61. The van der Waals surface area contributed by atoms with Crippen molar-refractivity contribution < 1.29 is 4.79 Å². The Kier molecular flexibility index (Phi) is 5.60. The van der Waals surface area contributed by atoms with E-state index < -0.39 is 0 Å². The molecule has 3 aromatic rings. The van der Waals surface area contributed by atoms with Crippen molar-refractivity contribution in [3.8, 4) is 0 Å². The summed E-state index contributed by atoms with van der Waals surface area (Å²) in [5.74, 6) is 0.384. The van der Waals surface area contributed by atoms with E-state index in [4.69, 9.17) is 23.8 Å². The number of benzene rings is 2. The fourth-order valence-corrected chi connectivity index (χ4v) is 2.62. The molecule has 26 heavy (non-hydrogen) atoms. The molecule has 0 radical (unpaired) electrons. The molecule has 0 aliphatic carbocycles. The molecule has 0 saturated heterocycles. The maximum absolute atomic E-state index is 11.4. The second-order valence-corrected chi connectivity index (χ2v) is 6.45. The van der Waals surface area contributed by atoms with Crippen molar-refractivity contribution in [2.24, 2.45) is 0 Å². The Labute approximate surface area is 161 Å². The first-order valence-electron chi connectivity index (χ1n) is 7.82. The van der Waals surface area contributed by atoms with Gasteiger partial charge in [-0.05, 0) is 49.0 Å². The number of nitrogens with one attached hydrogen (secondary N) is 2. The van der Waals surface area contributed by atoms with Gasteiger partial charge in [0.1, 0.15) is 6.33 Å². The minimum atomic E-state index is -0.00450. The van der Waals surface area contributed by atoms with Gasteiger partial charge in [-0.25, -0.2) is 9.67 Å². The summed E-state index contributed by atoms with van der Waals surface area (Å²) in [6.07, 6.45) is 1.62. The number of Topliss-reactive ketones (excluding diaryl/α,β-unsaturated/α-hetero) is 1. The first-order chi connectivity index (χ1) is 12.5. The van der Waals surface area contributed by atoms with Crippen molar-refractivity contribution in [2.75, 3.05) is 10.6 Å². The van der Waals surface area contributed by atoms with E-state index >= 15 is 0 Å². The standard InChI is InChI=1S/C18H16ClN5OS/c1-12(25)14-3-2-4-16(9-14)21-18(26)22-17-20-11-24(23-17)10-13-5-7-15(19)8-6-13/h2-9,11H,10H2,1H3,(H2,21,22,23,26). The third kappa shape index (κ3) is 4.87. The molecule has 1 heterocycles. The third-order valence-electron chi connectivity index (χ3n) is 3.55. The van der Waals surface area contributed by atoms with Crippen molar-refractivity contribution in [3.63, 3.8) is 0 Å². The first kappa shape index (κ1) is 18.0. The average molecular weight is 386 g/mol. The molecule has 0 aliphatic heterocycles. The summed E-state index contributed by atoms with van der Waals surface area (Å²) < 4.78 is 1.70. The second kappa shape index (κ2) is 8.07. The van der Waals surface area contributed by atoms with E-state index in [9.17, 15) is 4.79 Å². The van der Waals surface area contributed by atoms with Gasteiger partial charge in [-0.15, -0.1) is 5.10 Å². The Bertz CT molecular complexity index is 939. The van der Waals surface area contributed by atoms with E-state index in [1.807, 2.05) is 30.3 Å². The van der Waals surface area contributed by atoms with Gasteiger partial charge in [0.05, 0.1) is 6.54 Å². The Morgan fingerprint density at radius 3 is 2.69 bits per heavy atom. The highest BCUT2D eigenvalue weighted by Gasteiger charge is 2.06. The predicted molar refractivity (Wildman–Crippen MR) is 107 cm³/mol. The zero-order valence-corrected chi connectivity index (χ0v) is 15.5. The van der Waals surface area contributed by atoms with Crippen LogP contribution in [0.5, 0.6) is 0 Å². The molecule has 1 aromatic heterocycles. The van der Waals surface area contributed by atoms with Gasteiger partial charge in [-0.2, -0.15) is 0 Å². The molecule has 2 aromatic carbocycles. The SMILES string of the molecule is CC(=O)c1cccc(NC(=S)Nc2ncn(Cc3ccc(Cl)cc3)n2)c1. The number of rotatable bonds is 5. The smallest absolute Gasteiger partial charge is 0.248 e. The van der Waals surface area contributed by atoms with Crippen LogP contribution in [0.1, 0.15) is 22.8 Å². The Balaban J connectivity index is 1.60. The predicted octanol–water partition coefficient (Wildman–Crippen LogP) is 3.99. The van der Waals surface area contributed by atoms with Gasteiger partial charge < -0.3 is 5.32 Å². The molecular weight excluding hydrogens is 370 g/mol. The van der Waals surface area contributed by atoms with Crippen LogP contribution < -0.4 is 10.6 Å². The van der Waals surface area contributed by atoms with Crippen molar-refractivity contribution in [3.05, 3.63) is 71.0 Å². The third-order valence-corrected chi connectivity index (χ3v) is 4.00. The van der Waals surface area contributed by atoms with Crippen LogP contribution in [0, 0.1) is 0 Å². The van der Waals surface area contributed by atoms with E-state index in [1.54, 1.807) is 29.2 Å². The number of anilines is 2. The molecule has 3 rings (SSSR count). The molecule has 0 fully saturated rings. The fraction of sp³-hybridized carbons (Fsp3) is 0.111. The fourth-order valence-electron chi connectivity index (χ4n) is 2.28. The number of halogens is 1. The van der Waals surface area contributed by atoms with Gasteiger partial charge in [-0.3, -0.25) is 10.1 Å². The number of nitrogens with zero attached hydrogens (tertiary/aromatic N) is 3. The topological polar surface area (TPSA) is 71.8 Å². The van der Waals surface area contributed by atoms with Gasteiger partial charge in [0.25, 0.3) is 0 Å². The molecule has 0 aliphatic rings. The largest absolute Gasteiger partial charge is 0.332 e. The molecule has 6 nitrogen and oxygen atoms in total. The summed E-state index contributed by atoms with van der Waals surface area (Å²) in [5.41, 5.74) is 2.39. The highest BCUT2D eigenvalue weighted by Crippen LogP contribution is 2.13. The number of aromatic nitrogens is 3. The lowest BCUT2D eigenvalue weighted by atomic mass is 10.1. The van der Waals surface area contributed by atoms with E-state index in [-0.39, 0.29) is 5.78 Å². The van der Waals surface area contributed by atoms with E-state index in [0.29, 0.717) is 28.2 Å². The summed E-state index contributed by atoms with van der Waals surface area (Å²) in [5, 5.41) is 11.3. The summed E-state index contributed by atoms with van der Waals surface area (Å²) in [6.45, 7) is 2.10. The summed E-state index contributed by atoms with van der Waals surface area (Å²) in [6, 6.07) is 14.7. The van der Waals surface area contributed by atoms with Crippen LogP contribution in [-0.2, 0) is 6.54 Å². The van der Waals surface area contributed by atoms with Crippen molar-refractivity contribution >= 4 is 46.4 Å². The van der Waals surface area contributed by atoms with Crippen molar-refractivity contribution in [2.45, 2.75) is 13.5 Å². The molecule has 8 heteroatoms. The Morgan fingerprint density at radius 2 is 1.96 bits per heavy atom. The molecule has 0 atom stereocenters. The molecule has 0 amide bonds. The summed E-state index contributed by atoms with van der Waals surface area (Å²) >= 11 is 11.2. The van der Waals surface area contributed by atoms with E-state index in [0.717, 1.165) is 11.3 Å². The lowest BCUT2D eigenvalue weighted by Crippen LogP contribution is -2.20. The van der Waals surface area contributed by atoms with Gasteiger partial charge in [0.15, 0.2) is 10.9 Å². The Hall–Kier alpha value is -2.77. The van der Waals surface area contributed by atoms with Crippen molar-refractivity contribution in [1.29, 1.82) is 0 Å². The lowest BCUT2D eigenvalue weighted by molar-refractivity contribution is 0.101. The van der Waals surface area contributed by atoms with Crippen LogP contribution in [0.25, 0.3) is 0 Å². The highest BCUT2D eigenvalue weighted by atomic mass is 35.5. The molecule has 0 spiro atoms. The minimum Gasteiger partial charge on any atom is -0.332 e. The molecule has 0 saturated carbocycles. The van der Waals surface area contributed by atoms with Gasteiger partial charge in [0.2, 0.25) is 5.95 Å². The first-order valence-corrected chi connectivity index (χ1v) is 8.61. The number of ketones is 1. The number of hydrogen-bond acceptors (Lipinski definition) is 4. The summed E-state index contributed by atoms with van der Waals surface area (Å²) in [4.78, 5) is 15.6. The number of thiocarbonyl (C=S) groups is 1. The molecular formula is C18H16ClN5OS. The molecule has 132 valence electrons. The van der Waals surface area contributed by atoms with Gasteiger partial charge in [-0.1, -0.05) is 35.9 Å². The van der Waals surface area contributed by atoms with Crippen LogP contribution in [0.3, 0.4) is 0 Å². The van der Waals surface area contributed by atoms with E-state index in [2.05, 4.69) is 20.7 Å². The zero-order chi connectivity index (χ0) is 18.5. The maximum atomic E-state index is 11.4. The molecule has 2 N–H and O–H groups in total. The Morgan fingerprint density at radius 1 is 1.19 bits per heavy atom. The average Bonchev–Trinajstić information content (AvgIpc) is 3.04. The van der Waals surface area contributed by atoms with Crippen LogP contribution in [0.4, 0.5) is 11.6 Å².